The summed E-state index contributed by atoms with van der Waals surface area (Å²) in [6.45, 7) is 1.85. The van der Waals surface area contributed by atoms with Gasteiger partial charge in [-0.05, 0) is 68.0 Å². The molecule has 0 bridgehead atoms. The lowest BCUT2D eigenvalue weighted by Gasteiger charge is -2.20. The Morgan fingerprint density at radius 3 is 2.74 bits per heavy atom. The number of carbonyl (C=O) groups is 4. The first kappa shape index (κ1) is 27.4. The van der Waals surface area contributed by atoms with Crippen LogP contribution in [0.1, 0.15) is 60.9 Å². The van der Waals surface area contributed by atoms with E-state index in [4.69, 9.17) is 16.3 Å². The van der Waals surface area contributed by atoms with Crippen LogP contribution in [0, 0.1) is 0 Å². The van der Waals surface area contributed by atoms with Gasteiger partial charge in [0, 0.05) is 43.2 Å². The highest BCUT2D eigenvalue weighted by atomic mass is 35.5. The van der Waals surface area contributed by atoms with Crippen LogP contribution >= 0.6 is 11.6 Å². The predicted octanol–water partition coefficient (Wildman–Crippen LogP) is 3.34. The summed E-state index contributed by atoms with van der Waals surface area (Å²) in [4.78, 5) is 52.6. The molecule has 38 heavy (non-hydrogen) atoms. The number of halogens is 1. The zero-order valence-corrected chi connectivity index (χ0v) is 22.0. The molecule has 0 aliphatic carbocycles. The van der Waals surface area contributed by atoms with E-state index in [0.717, 1.165) is 36.9 Å². The van der Waals surface area contributed by atoms with Crippen molar-refractivity contribution in [1.82, 2.24) is 16.0 Å². The minimum Gasteiger partial charge on any atom is -0.493 e. The van der Waals surface area contributed by atoms with Gasteiger partial charge in [0.05, 0.1) is 12.2 Å². The first-order valence-electron chi connectivity index (χ1n) is 13.1. The van der Waals surface area contributed by atoms with Crippen molar-refractivity contribution in [2.75, 3.05) is 24.6 Å². The fraction of sp³-hybridized carbons (Fsp3) is 0.429. The molecule has 10 heteroatoms. The van der Waals surface area contributed by atoms with E-state index >= 15 is 0 Å². The lowest BCUT2D eigenvalue weighted by Crippen LogP contribution is -2.47. The number of nitrogens with zero attached hydrogens (tertiary/aromatic N) is 1. The van der Waals surface area contributed by atoms with Gasteiger partial charge in [-0.25, -0.2) is 0 Å². The number of rotatable bonds is 4. The Balaban J connectivity index is 1.48. The second-order valence-corrected chi connectivity index (χ2v) is 9.94. The topological polar surface area (TPSA) is 117 Å². The number of fused-ring (bicyclic) bond motifs is 1. The molecule has 2 heterocycles. The summed E-state index contributed by atoms with van der Waals surface area (Å²) >= 11 is 6.15. The van der Waals surface area contributed by atoms with E-state index < -0.39 is 17.9 Å². The van der Waals surface area contributed by atoms with Crippen molar-refractivity contribution in [3.05, 3.63) is 58.6 Å². The maximum Gasteiger partial charge on any atom is 0.255 e. The third kappa shape index (κ3) is 7.47. The Kier molecular flexibility index (Phi) is 9.59. The van der Waals surface area contributed by atoms with Crippen LogP contribution < -0.4 is 25.6 Å². The molecule has 4 rings (SSSR count). The molecule has 0 radical (unpaired) electrons. The van der Waals surface area contributed by atoms with Gasteiger partial charge in [-0.2, -0.15) is 0 Å². The average molecular weight is 541 g/mol. The molecule has 202 valence electrons. The number of anilines is 1. The first-order chi connectivity index (χ1) is 18.4. The second kappa shape index (κ2) is 13.3. The first-order valence-corrected chi connectivity index (χ1v) is 13.5. The molecular weight excluding hydrogens is 508 g/mol. The standard InChI is InChI=1S/C28H33ClN4O5/c29-20-9-11-24-22(17-20)27(36)32-23(10-12-25(34)30-13-2-1-3-15-38-24)28(37)31-18-19-6-4-7-21(16-19)33-14-5-8-26(33)35/h4,6-7,9,11,16-17,23H,1-3,5,8,10,12-15,18H2,(H,30,34)(H,31,37)(H,32,36)/t23-/m0/s1. The zero-order chi connectivity index (χ0) is 26.9. The van der Waals surface area contributed by atoms with Crippen molar-refractivity contribution in [2.45, 2.75) is 57.5 Å². The average Bonchev–Trinajstić information content (AvgIpc) is 3.35. The SMILES string of the molecule is O=C1CC[C@@H](C(=O)NCc2cccc(N3CCCC3=O)c2)NC(=O)c2cc(Cl)ccc2OCCCCCN1. The molecular formula is C28H33ClN4O5. The van der Waals surface area contributed by atoms with Gasteiger partial charge in [0.25, 0.3) is 5.91 Å². The van der Waals surface area contributed by atoms with E-state index in [1.165, 1.54) is 6.07 Å². The van der Waals surface area contributed by atoms with E-state index in [2.05, 4.69) is 16.0 Å². The minimum absolute atomic E-state index is 0.0871. The summed E-state index contributed by atoms with van der Waals surface area (Å²) in [6, 6.07) is 11.3. The van der Waals surface area contributed by atoms with E-state index in [1.807, 2.05) is 24.3 Å². The van der Waals surface area contributed by atoms with Crippen molar-refractivity contribution in [2.24, 2.45) is 0 Å². The molecule has 4 amide bonds. The summed E-state index contributed by atoms with van der Waals surface area (Å²) in [5.41, 5.74) is 1.85. The van der Waals surface area contributed by atoms with Crippen LogP contribution in [-0.2, 0) is 20.9 Å². The molecule has 0 unspecified atom stereocenters. The minimum atomic E-state index is -0.950. The lowest BCUT2D eigenvalue weighted by molar-refractivity contribution is -0.124. The number of carbonyl (C=O) groups excluding carboxylic acids is 4. The Hall–Kier alpha value is -3.59. The molecule has 3 N–H and O–H groups in total. The molecule has 0 aromatic heterocycles. The second-order valence-electron chi connectivity index (χ2n) is 9.50. The number of nitrogens with one attached hydrogen (secondary N) is 3. The van der Waals surface area contributed by atoms with Gasteiger partial charge in [0.2, 0.25) is 17.7 Å². The Bertz CT molecular complexity index is 1190. The fourth-order valence-corrected chi connectivity index (χ4v) is 4.73. The van der Waals surface area contributed by atoms with E-state index in [1.54, 1.807) is 17.0 Å². The summed E-state index contributed by atoms with van der Waals surface area (Å²) in [5.74, 6) is -0.611. The highest BCUT2D eigenvalue weighted by Gasteiger charge is 2.25. The summed E-state index contributed by atoms with van der Waals surface area (Å²) < 4.78 is 5.84. The van der Waals surface area contributed by atoms with Gasteiger partial charge < -0.3 is 25.6 Å². The Labute approximate surface area is 227 Å². The molecule has 2 aliphatic rings. The van der Waals surface area contributed by atoms with Gasteiger partial charge >= 0.3 is 0 Å². The third-order valence-corrected chi connectivity index (χ3v) is 6.87. The van der Waals surface area contributed by atoms with Gasteiger partial charge in [0.15, 0.2) is 0 Å². The molecule has 1 atom stereocenters. The van der Waals surface area contributed by atoms with Crippen molar-refractivity contribution in [3.8, 4) is 5.75 Å². The van der Waals surface area contributed by atoms with Crippen LogP contribution in [0.5, 0.6) is 5.75 Å². The highest BCUT2D eigenvalue weighted by Crippen LogP contribution is 2.24. The normalized spacial score (nSPS) is 19.3. The van der Waals surface area contributed by atoms with Gasteiger partial charge in [0.1, 0.15) is 11.8 Å². The molecule has 0 saturated carbocycles. The van der Waals surface area contributed by atoms with E-state index in [9.17, 15) is 19.2 Å². The molecule has 1 fully saturated rings. The van der Waals surface area contributed by atoms with Crippen LogP contribution in [0.15, 0.2) is 42.5 Å². The summed E-state index contributed by atoms with van der Waals surface area (Å²) in [7, 11) is 0. The number of amides is 4. The van der Waals surface area contributed by atoms with Crippen LogP contribution in [0.25, 0.3) is 0 Å². The van der Waals surface area contributed by atoms with Crippen LogP contribution in [0.2, 0.25) is 5.02 Å². The lowest BCUT2D eigenvalue weighted by atomic mass is 10.1. The van der Waals surface area contributed by atoms with Crippen molar-refractivity contribution >= 4 is 40.9 Å². The number of hydrogen-bond acceptors (Lipinski definition) is 5. The van der Waals surface area contributed by atoms with Gasteiger partial charge in [-0.15, -0.1) is 0 Å². The molecule has 0 spiro atoms. The zero-order valence-electron chi connectivity index (χ0n) is 21.3. The van der Waals surface area contributed by atoms with Crippen molar-refractivity contribution in [3.63, 3.8) is 0 Å². The Morgan fingerprint density at radius 1 is 1.05 bits per heavy atom. The molecule has 9 nitrogen and oxygen atoms in total. The van der Waals surface area contributed by atoms with Gasteiger partial charge in [-0.1, -0.05) is 23.7 Å². The van der Waals surface area contributed by atoms with E-state index in [-0.39, 0.29) is 36.8 Å². The third-order valence-electron chi connectivity index (χ3n) is 6.63. The summed E-state index contributed by atoms with van der Waals surface area (Å²) in [6.07, 6.45) is 4.03. The largest absolute Gasteiger partial charge is 0.493 e. The number of ether oxygens (including phenoxy) is 1. The maximum absolute atomic E-state index is 13.2. The molecule has 2 aromatic carbocycles. The van der Waals surface area contributed by atoms with Crippen molar-refractivity contribution in [1.29, 1.82) is 0 Å². The molecule has 1 saturated heterocycles. The molecule has 2 aromatic rings. The number of hydrogen-bond donors (Lipinski definition) is 3. The highest BCUT2D eigenvalue weighted by molar-refractivity contribution is 6.31. The Morgan fingerprint density at radius 2 is 1.92 bits per heavy atom. The monoisotopic (exact) mass is 540 g/mol. The van der Waals surface area contributed by atoms with Crippen molar-refractivity contribution < 1.29 is 23.9 Å². The quantitative estimate of drug-likeness (QED) is 0.550. The van der Waals surface area contributed by atoms with E-state index in [0.29, 0.717) is 36.9 Å². The van der Waals surface area contributed by atoms with Crippen LogP contribution in [0.3, 0.4) is 0 Å². The summed E-state index contributed by atoms with van der Waals surface area (Å²) in [5, 5.41) is 8.87. The maximum atomic E-state index is 13.2. The fourth-order valence-electron chi connectivity index (χ4n) is 4.56. The van der Waals surface area contributed by atoms with Crippen LogP contribution in [0.4, 0.5) is 5.69 Å². The molecule has 2 aliphatic heterocycles. The predicted molar refractivity (Wildman–Crippen MR) is 144 cm³/mol. The van der Waals surface area contributed by atoms with Gasteiger partial charge in [-0.3, -0.25) is 19.2 Å². The van der Waals surface area contributed by atoms with Crippen LogP contribution in [-0.4, -0.2) is 49.4 Å². The number of benzene rings is 2. The smallest absolute Gasteiger partial charge is 0.255 e.